The van der Waals surface area contributed by atoms with Crippen molar-refractivity contribution < 1.29 is 0 Å². The maximum Gasteiger partial charge on any atom is 0.115 e. The maximum atomic E-state index is 4.71. The molecule has 0 atom stereocenters. The molecule has 4 aromatic rings. The zero-order valence-corrected chi connectivity index (χ0v) is 17.2. The van der Waals surface area contributed by atoms with Gasteiger partial charge in [-0.15, -0.1) is 0 Å². The lowest BCUT2D eigenvalue weighted by Gasteiger charge is -2.52. The second-order valence-electron chi connectivity index (χ2n) is 8.09. The zero-order valence-electron chi connectivity index (χ0n) is 17.2. The monoisotopic (exact) mass is 392 g/mol. The van der Waals surface area contributed by atoms with E-state index in [1.165, 1.54) is 11.1 Å². The summed E-state index contributed by atoms with van der Waals surface area (Å²) in [6.07, 6.45) is 3.38. The molecule has 1 aliphatic carbocycles. The van der Waals surface area contributed by atoms with Crippen LogP contribution in [0.4, 0.5) is 0 Å². The minimum absolute atomic E-state index is 0.261. The van der Waals surface area contributed by atoms with Crippen LogP contribution in [0.25, 0.3) is 0 Å². The molecule has 2 aromatic heterocycles. The van der Waals surface area contributed by atoms with Gasteiger partial charge in [0.2, 0.25) is 0 Å². The van der Waals surface area contributed by atoms with Gasteiger partial charge in [0.15, 0.2) is 0 Å². The SMILES string of the molecule is Cc1cc(C2C(c3ccccc3)C(c3cc(C)ncn3)C2c2ccccc2)ncn1. The van der Waals surface area contributed by atoms with E-state index in [9.17, 15) is 0 Å². The first-order valence-electron chi connectivity index (χ1n) is 10.4. The maximum absolute atomic E-state index is 4.71. The van der Waals surface area contributed by atoms with E-state index in [1.807, 2.05) is 13.8 Å². The highest BCUT2D eigenvalue weighted by molar-refractivity contribution is 5.45. The Morgan fingerprint density at radius 1 is 0.500 bits per heavy atom. The first kappa shape index (κ1) is 18.6. The molecule has 0 saturated heterocycles. The first-order chi connectivity index (χ1) is 14.7. The van der Waals surface area contributed by atoms with Crippen LogP contribution in [0.5, 0.6) is 0 Å². The quantitative estimate of drug-likeness (QED) is 0.471. The molecule has 148 valence electrons. The molecule has 0 radical (unpaired) electrons. The average molecular weight is 393 g/mol. The largest absolute Gasteiger partial charge is 0.242 e. The van der Waals surface area contributed by atoms with Gasteiger partial charge in [-0.3, -0.25) is 0 Å². The van der Waals surface area contributed by atoms with Crippen LogP contribution in [0.2, 0.25) is 0 Å². The van der Waals surface area contributed by atoms with E-state index in [0.717, 1.165) is 22.8 Å². The van der Waals surface area contributed by atoms with Gasteiger partial charge in [-0.1, -0.05) is 60.7 Å². The van der Waals surface area contributed by atoms with Crippen LogP contribution >= 0.6 is 0 Å². The molecule has 30 heavy (non-hydrogen) atoms. The number of hydrogen-bond donors (Lipinski definition) is 0. The molecule has 0 bridgehead atoms. The molecular weight excluding hydrogens is 368 g/mol. The van der Waals surface area contributed by atoms with Gasteiger partial charge in [-0.05, 0) is 37.1 Å². The van der Waals surface area contributed by atoms with Crippen molar-refractivity contribution in [2.45, 2.75) is 37.5 Å². The minimum atomic E-state index is 0.261. The van der Waals surface area contributed by atoms with Crippen molar-refractivity contribution >= 4 is 0 Å². The van der Waals surface area contributed by atoms with E-state index in [2.05, 4.69) is 82.8 Å². The second kappa shape index (κ2) is 7.79. The first-order valence-corrected chi connectivity index (χ1v) is 10.4. The van der Waals surface area contributed by atoms with Crippen LogP contribution < -0.4 is 0 Å². The summed E-state index contributed by atoms with van der Waals surface area (Å²) in [6, 6.07) is 25.8. The summed E-state index contributed by atoms with van der Waals surface area (Å²) in [7, 11) is 0. The van der Waals surface area contributed by atoms with Gasteiger partial charge in [0.05, 0.1) is 0 Å². The Bertz CT molecular complexity index is 1040. The molecule has 1 aliphatic rings. The lowest BCUT2D eigenvalue weighted by molar-refractivity contribution is 0.219. The normalized spacial score (nSPS) is 23.0. The van der Waals surface area contributed by atoms with E-state index >= 15 is 0 Å². The summed E-state index contributed by atoms with van der Waals surface area (Å²) >= 11 is 0. The third kappa shape index (κ3) is 3.28. The van der Waals surface area contributed by atoms with Crippen LogP contribution in [0.3, 0.4) is 0 Å². The van der Waals surface area contributed by atoms with Crippen LogP contribution in [0.15, 0.2) is 85.5 Å². The van der Waals surface area contributed by atoms with Crippen LogP contribution in [-0.4, -0.2) is 19.9 Å². The lowest BCUT2D eigenvalue weighted by Crippen LogP contribution is -2.41. The summed E-state index contributed by atoms with van der Waals surface area (Å²) in [4.78, 5) is 18.1. The van der Waals surface area contributed by atoms with E-state index in [0.29, 0.717) is 11.8 Å². The Morgan fingerprint density at radius 2 is 0.900 bits per heavy atom. The molecule has 5 rings (SSSR count). The summed E-state index contributed by atoms with van der Waals surface area (Å²) in [5, 5.41) is 0. The van der Waals surface area contributed by atoms with Crippen molar-refractivity contribution in [2.24, 2.45) is 0 Å². The molecule has 4 heteroatoms. The van der Waals surface area contributed by atoms with Gasteiger partial charge < -0.3 is 0 Å². The Hall–Kier alpha value is -3.40. The van der Waals surface area contributed by atoms with Crippen molar-refractivity contribution in [3.05, 3.63) is 119 Å². The zero-order chi connectivity index (χ0) is 20.5. The highest BCUT2D eigenvalue weighted by Crippen LogP contribution is 2.65. The highest BCUT2D eigenvalue weighted by atomic mass is 14.9. The molecular formula is C26H24N4. The number of hydrogen-bond acceptors (Lipinski definition) is 4. The Morgan fingerprint density at radius 3 is 1.27 bits per heavy atom. The molecule has 1 saturated carbocycles. The molecule has 0 amide bonds. The smallest absolute Gasteiger partial charge is 0.115 e. The number of aryl methyl sites for hydroxylation is 2. The topological polar surface area (TPSA) is 51.6 Å². The molecule has 1 fully saturated rings. The standard InChI is InChI=1S/C26H24N4/c1-17-13-21(29-15-27-17)25-23(19-9-5-3-6-10-19)26(22-14-18(2)28-16-30-22)24(25)20-11-7-4-8-12-20/h3-16,23-26H,1-2H3. The van der Waals surface area contributed by atoms with Gasteiger partial charge in [0.1, 0.15) is 12.7 Å². The summed E-state index contributed by atoms with van der Waals surface area (Å²) in [6.45, 7) is 4.06. The number of nitrogens with zero attached hydrogens (tertiary/aromatic N) is 4. The van der Waals surface area contributed by atoms with Crippen molar-refractivity contribution in [3.63, 3.8) is 0 Å². The van der Waals surface area contributed by atoms with Crippen molar-refractivity contribution in [1.29, 1.82) is 0 Å². The van der Waals surface area contributed by atoms with Gasteiger partial charge >= 0.3 is 0 Å². The van der Waals surface area contributed by atoms with Crippen molar-refractivity contribution in [2.75, 3.05) is 0 Å². The van der Waals surface area contributed by atoms with Crippen LogP contribution in [-0.2, 0) is 0 Å². The molecule has 2 heterocycles. The van der Waals surface area contributed by atoms with Crippen LogP contribution in [0.1, 0.15) is 57.6 Å². The van der Waals surface area contributed by atoms with E-state index < -0.39 is 0 Å². The molecule has 0 N–H and O–H groups in total. The molecule has 0 unspecified atom stereocenters. The predicted molar refractivity (Wildman–Crippen MR) is 117 cm³/mol. The Kier molecular flexibility index (Phi) is 4.83. The van der Waals surface area contributed by atoms with Gasteiger partial charge in [0, 0.05) is 46.4 Å². The number of aromatic nitrogens is 4. The fourth-order valence-electron chi connectivity index (χ4n) is 4.98. The fourth-order valence-corrected chi connectivity index (χ4v) is 4.98. The Balaban J connectivity index is 1.69. The van der Waals surface area contributed by atoms with E-state index in [-0.39, 0.29) is 11.8 Å². The van der Waals surface area contributed by atoms with Crippen molar-refractivity contribution in [1.82, 2.24) is 19.9 Å². The fraction of sp³-hybridized carbons (Fsp3) is 0.231. The Labute approximate surface area is 177 Å². The molecule has 2 aromatic carbocycles. The number of rotatable bonds is 4. The van der Waals surface area contributed by atoms with Gasteiger partial charge in [0.25, 0.3) is 0 Å². The predicted octanol–water partition coefficient (Wildman–Crippen LogP) is 5.33. The third-order valence-electron chi connectivity index (χ3n) is 6.25. The molecule has 0 spiro atoms. The van der Waals surface area contributed by atoms with E-state index in [1.54, 1.807) is 12.7 Å². The van der Waals surface area contributed by atoms with E-state index in [4.69, 9.17) is 9.97 Å². The van der Waals surface area contributed by atoms with Gasteiger partial charge in [-0.25, -0.2) is 19.9 Å². The summed E-state index contributed by atoms with van der Waals surface area (Å²) < 4.78 is 0. The minimum Gasteiger partial charge on any atom is -0.242 e. The van der Waals surface area contributed by atoms with Gasteiger partial charge in [-0.2, -0.15) is 0 Å². The molecule has 0 aliphatic heterocycles. The van der Waals surface area contributed by atoms with Crippen LogP contribution in [0, 0.1) is 13.8 Å². The third-order valence-corrected chi connectivity index (χ3v) is 6.25. The number of benzene rings is 2. The lowest BCUT2D eigenvalue weighted by atomic mass is 9.50. The van der Waals surface area contributed by atoms with Crippen molar-refractivity contribution in [3.8, 4) is 0 Å². The average Bonchev–Trinajstić information content (AvgIpc) is 2.75. The second-order valence-corrected chi connectivity index (χ2v) is 8.09. The summed E-state index contributed by atoms with van der Waals surface area (Å²) in [5.41, 5.74) is 6.86. The molecule has 4 nitrogen and oxygen atoms in total. The summed E-state index contributed by atoms with van der Waals surface area (Å²) in [5.74, 6) is 1.11. The highest BCUT2D eigenvalue weighted by Gasteiger charge is 2.54.